The van der Waals surface area contributed by atoms with Gasteiger partial charge in [-0.2, -0.15) is 0 Å². The van der Waals surface area contributed by atoms with E-state index in [2.05, 4.69) is 4.74 Å². The number of benzene rings is 1. The number of rotatable bonds is 4. The van der Waals surface area contributed by atoms with Crippen molar-refractivity contribution in [1.82, 2.24) is 4.90 Å². The fourth-order valence-electron chi connectivity index (χ4n) is 2.07. The Bertz CT molecular complexity index is 748. The molecule has 1 aromatic rings. The molecule has 1 aliphatic heterocycles. The molecule has 0 bridgehead atoms. The summed E-state index contributed by atoms with van der Waals surface area (Å²) in [6, 6.07) is 1.88. The Morgan fingerprint density at radius 3 is 2.62 bits per heavy atom. The van der Waals surface area contributed by atoms with Gasteiger partial charge in [0.05, 0.1) is 24.1 Å². The second-order valence-corrected chi connectivity index (χ2v) is 6.20. The Morgan fingerprint density at radius 1 is 1.38 bits per heavy atom. The van der Waals surface area contributed by atoms with E-state index in [9.17, 15) is 19.5 Å². The van der Waals surface area contributed by atoms with Gasteiger partial charge in [-0.25, -0.2) is 4.79 Å². The number of halogens is 1. The molecule has 1 fully saturated rings. The molecule has 0 unspecified atom stereocenters. The van der Waals surface area contributed by atoms with Crippen molar-refractivity contribution < 1.29 is 29.0 Å². The zero-order chi connectivity index (χ0) is 18.0. The van der Waals surface area contributed by atoms with Gasteiger partial charge in [0, 0.05) is 0 Å². The number of phenolic OH excluding ortho intramolecular Hbond substituents is 1. The molecule has 1 N–H and O–H groups in total. The van der Waals surface area contributed by atoms with Crippen molar-refractivity contribution in [3.8, 4) is 11.5 Å². The molecule has 1 aliphatic rings. The van der Waals surface area contributed by atoms with E-state index in [4.69, 9.17) is 16.3 Å². The van der Waals surface area contributed by atoms with Gasteiger partial charge in [0.1, 0.15) is 6.04 Å². The lowest BCUT2D eigenvalue weighted by atomic mass is 10.1. The van der Waals surface area contributed by atoms with Crippen LogP contribution in [0.15, 0.2) is 17.0 Å². The quantitative estimate of drug-likeness (QED) is 0.642. The van der Waals surface area contributed by atoms with E-state index in [1.54, 1.807) is 0 Å². The smallest absolute Gasteiger partial charge is 0.328 e. The van der Waals surface area contributed by atoms with E-state index in [1.165, 1.54) is 39.4 Å². The molecule has 2 rings (SSSR count). The highest BCUT2D eigenvalue weighted by Gasteiger charge is 2.41. The van der Waals surface area contributed by atoms with E-state index in [-0.39, 0.29) is 21.4 Å². The Morgan fingerprint density at radius 2 is 2.04 bits per heavy atom. The second-order valence-electron chi connectivity index (χ2n) is 4.80. The van der Waals surface area contributed by atoms with Crippen LogP contribution < -0.4 is 4.74 Å². The lowest BCUT2D eigenvalue weighted by Crippen LogP contribution is -2.42. The van der Waals surface area contributed by atoms with Crippen LogP contribution in [0, 0.1) is 0 Å². The van der Waals surface area contributed by atoms with Crippen LogP contribution in [0.25, 0.3) is 6.08 Å². The molecular formula is C15H14ClNO6S. The van der Waals surface area contributed by atoms with Crippen LogP contribution >= 0.6 is 23.4 Å². The van der Waals surface area contributed by atoms with Gasteiger partial charge in [-0.15, -0.1) is 0 Å². The van der Waals surface area contributed by atoms with E-state index in [1.807, 2.05) is 0 Å². The number of phenols is 1. The van der Waals surface area contributed by atoms with E-state index in [0.717, 1.165) is 4.90 Å². The van der Waals surface area contributed by atoms with Crippen molar-refractivity contribution in [2.75, 3.05) is 14.2 Å². The van der Waals surface area contributed by atoms with Gasteiger partial charge in [-0.1, -0.05) is 11.6 Å². The van der Waals surface area contributed by atoms with Gasteiger partial charge in [0.15, 0.2) is 11.5 Å². The summed E-state index contributed by atoms with van der Waals surface area (Å²) >= 11 is 6.60. The molecular weight excluding hydrogens is 358 g/mol. The minimum absolute atomic E-state index is 0.0442. The molecule has 9 heteroatoms. The number of aromatic hydroxyl groups is 1. The van der Waals surface area contributed by atoms with Crippen molar-refractivity contribution in [2.24, 2.45) is 0 Å². The first-order valence-corrected chi connectivity index (χ1v) is 7.91. The highest BCUT2D eigenvalue weighted by molar-refractivity contribution is 8.18. The summed E-state index contributed by atoms with van der Waals surface area (Å²) in [5.74, 6) is -1.38. The summed E-state index contributed by atoms with van der Waals surface area (Å²) in [6.45, 7) is 1.41. The number of imide groups is 1. The average Bonchev–Trinajstić information content (AvgIpc) is 2.83. The number of thioether (sulfide) groups is 1. The van der Waals surface area contributed by atoms with Crippen LogP contribution in [-0.2, 0) is 14.3 Å². The fraction of sp³-hybridized carbons (Fsp3) is 0.267. The number of carbonyl (C=O) groups excluding carboxylic acids is 3. The SMILES string of the molecule is COC(=O)[C@H](C)N1C(=O)S/C(=C/c2cc(Cl)c(O)c(OC)c2)C1=O. The zero-order valence-electron chi connectivity index (χ0n) is 13.0. The largest absolute Gasteiger partial charge is 0.503 e. The molecule has 1 aromatic carbocycles. The van der Waals surface area contributed by atoms with Crippen molar-refractivity contribution >= 4 is 46.6 Å². The molecule has 24 heavy (non-hydrogen) atoms. The number of hydrogen-bond acceptors (Lipinski definition) is 7. The van der Waals surface area contributed by atoms with Crippen molar-refractivity contribution in [3.63, 3.8) is 0 Å². The summed E-state index contributed by atoms with van der Waals surface area (Å²) < 4.78 is 9.55. The maximum atomic E-state index is 12.4. The van der Waals surface area contributed by atoms with Crippen molar-refractivity contribution in [2.45, 2.75) is 13.0 Å². The number of ether oxygens (including phenoxy) is 2. The van der Waals surface area contributed by atoms with Crippen molar-refractivity contribution in [1.29, 1.82) is 0 Å². The molecule has 1 atom stereocenters. The molecule has 128 valence electrons. The number of amides is 2. The summed E-state index contributed by atoms with van der Waals surface area (Å²) in [4.78, 5) is 36.9. The molecule has 7 nitrogen and oxygen atoms in total. The zero-order valence-corrected chi connectivity index (χ0v) is 14.6. The molecule has 1 heterocycles. The molecule has 0 aliphatic carbocycles. The predicted molar refractivity (Wildman–Crippen MR) is 89.0 cm³/mol. The van der Waals surface area contributed by atoms with Gasteiger partial charge >= 0.3 is 5.97 Å². The molecule has 0 aromatic heterocycles. The first-order chi connectivity index (χ1) is 11.3. The summed E-state index contributed by atoms with van der Waals surface area (Å²) in [6.07, 6.45) is 1.43. The maximum Gasteiger partial charge on any atom is 0.328 e. The third-order valence-electron chi connectivity index (χ3n) is 3.32. The molecule has 0 radical (unpaired) electrons. The Kier molecular flexibility index (Phi) is 5.40. The number of hydrogen-bond donors (Lipinski definition) is 1. The van der Waals surface area contributed by atoms with Gasteiger partial charge in [0.2, 0.25) is 0 Å². The highest BCUT2D eigenvalue weighted by atomic mass is 35.5. The first-order valence-electron chi connectivity index (χ1n) is 6.71. The third kappa shape index (κ3) is 3.34. The highest BCUT2D eigenvalue weighted by Crippen LogP contribution is 2.38. The topological polar surface area (TPSA) is 93.1 Å². The van der Waals surface area contributed by atoms with Crippen LogP contribution in [0.3, 0.4) is 0 Å². The minimum Gasteiger partial charge on any atom is -0.503 e. The van der Waals surface area contributed by atoms with Gasteiger partial charge in [-0.3, -0.25) is 14.5 Å². The molecule has 0 saturated carbocycles. The van der Waals surface area contributed by atoms with Crippen LogP contribution in [0.2, 0.25) is 5.02 Å². The molecule has 2 amide bonds. The van der Waals surface area contributed by atoms with Gasteiger partial charge in [-0.05, 0) is 42.5 Å². The van der Waals surface area contributed by atoms with Gasteiger partial charge in [0.25, 0.3) is 11.1 Å². The maximum absolute atomic E-state index is 12.4. The molecule has 0 spiro atoms. The first kappa shape index (κ1) is 18.2. The van der Waals surface area contributed by atoms with Crippen LogP contribution in [0.5, 0.6) is 11.5 Å². The fourth-order valence-corrected chi connectivity index (χ4v) is 3.20. The minimum atomic E-state index is -1.02. The number of esters is 1. The van der Waals surface area contributed by atoms with E-state index in [0.29, 0.717) is 17.3 Å². The lowest BCUT2D eigenvalue weighted by Gasteiger charge is -2.18. The normalized spacial score (nSPS) is 17.3. The Hall–Kier alpha value is -2.19. The lowest BCUT2D eigenvalue weighted by molar-refractivity contribution is -0.148. The van der Waals surface area contributed by atoms with Gasteiger partial charge < -0.3 is 14.6 Å². The summed E-state index contributed by atoms with van der Waals surface area (Å²) in [5, 5.41) is 9.19. The third-order valence-corrected chi connectivity index (χ3v) is 4.49. The monoisotopic (exact) mass is 371 g/mol. The van der Waals surface area contributed by atoms with Crippen molar-refractivity contribution in [3.05, 3.63) is 27.6 Å². The van der Waals surface area contributed by atoms with E-state index < -0.39 is 23.2 Å². The molecule has 1 saturated heterocycles. The Balaban J connectivity index is 2.36. The second kappa shape index (κ2) is 7.14. The predicted octanol–water partition coefficient (Wildman–Crippen LogP) is 2.65. The number of nitrogens with zero attached hydrogens (tertiary/aromatic N) is 1. The summed E-state index contributed by atoms with van der Waals surface area (Å²) in [7, 11) is 2.54. The van der Waals surface area contributed by atoms with E-state index >= 15 is 0 Å². The van der Waals surface area contributed by atoms with Crippen LogP contribution in [0.1, 0.15) is 12.5 Å². The standard InChI is InChI=1S/C15H14ClNO6S/c1-7(14(20)23-3)17-13(19)11(24-15(17)21)6-8-4-9(16)12(18)10(5-8)22-2/h4-7,18H,1-3H3/b11-6+/t7-/m0/s1. The number of methoxy groups -OCH3 is 2. The number of carbonyl (C=O) groups is 3. The van der Waals surface area contributed by atoms with Crippen LogP contribution in [-0.4, -0.2) is 47.4 Å². The average molecular weight is 372 g/mol. The summed E-state index contributed by atoms with van der Waals surface area (Å²) in [5.41, 5.74) is 0.464. The van der Waals surface area contributed by atoms with Crippen LogP contribution in [0.4, 0.5) is 4.79 Å². The Labute approximate surface area is 147 Å².